The lowest BCUT2D eigenvalue weighted by Gasteiger charge is -2.24. The van der Waals surface area contributed by atoms with Crippen molar-refractivity contribution in [3.8, 4) is 0 Å². The Balaban J connectivity index is 1.98. The molecule has 0 bridgehead atoms. The van der Waals surface area contributed by atoms with Gasteiger partial charge in [-0.1, -0.05) is 0 Å². The lowest BCUT2D eigenvalue weighted by molar-refractivity contribution is -0.153. The highest BCUT2D eigenvalue weighted by atomic mass is 16.5. The first-order valence-electron chi connectivity index (χ1n) is 6.02. The fraction of sp³-hybridized carbons (Fsp3) is 0.818. The SMILES string of the molecule is NCC1CCC(C(=O)N2CCC[C@@H]2C(=O)O)O1. The predicted octanol–water partition coefficient (Wildman–Crippen LogP) is -0.432. The van der Waals surface area contributed by atoms with Crippen molar-refractivity contribution in [2.45, 2.75) is 43.9 Å². The number of amides is 1. The quantitative estimate of drug-likeness (QED) is 0.700. The van der Waals surface area contributed by atoms with Gasteiger partial charge in [0, 0.05) is 13.1 Å². The molecule has 6 nitrogen and oxygen atoms in total. The van der Waals surface area contributed by atoms with E-state index in [0.717, 1.165) is 12.8 Å². The summed E-state index contributed by atoms with van der Waals surface area (Å²) >= 11 is 0. The fourth-order valence-corrected chi connectivity index (χ4v) is 2.53. The van der Waals surface area contributed by atoms with Gasteiger partial charge in [-0.15, -0.1) is 0 Å². The standard InChI is InChI=1S/C11H18N2O4/c12-6-7-3-4-9(17-7)10(14)13-5-1-2-8(13)11(15)16/h7-9H,1-6,12H2,(H,15,16)/t7?,8-,9?/m1/s1. The highest BCUT2D eigenvalue weighted by Crippen LogP contribution is 2.25. The molecule has 2 heterocycles. The molecular weight excluding hydrogens is 224 g/mol. The maximum absolute atomic E-state index is 12.1. The molecule has 2 rings (SSSR count). The van der Waals surface area contributed by atoms with Gasteiger partial charge in [0.15, 0.2) is 0 Å². The molecular formula is C11H18N2O4. The highest BCUT2D eigenvalue weighted by Gasteiger charge is 2.40. The second-order valence-corrected chi connectivity index (χ2v) is 4.59. The van der Waals surface area contributed by atoms with E-state index in [-0.39, 0.29) is 12.0 Å². The maximum atomic E-state index is 12.1. The number of likely N-dealkylation sites (tertiary alicyclic amines) is 1. The van der Waals surface area contributed by atoms with Gasteiger partial charge in [0.2, 0.25) is 0 Å². The minimum absolute atomic E-state index is 0.0603. The average Bonchev–Trinajstić information content (AvgIpc) is 2.97. The molecule has 3 N–H and O–H groups in total. The van der Waals surface area contributed by atoms with Crippen molar-refractivity contribution in [2.75, 3.05) is 13.1 Å². The average molecular weight is 242 g/mol. The monoisotopic (exact) mass is 242 g/mol. The minimum atomic E-state index is -0.927. The lowest BCUT2D eigenvalue weighted by atomic mass is 10.1. The van der Waals surface area contributed by atoms with Gasteiger partial charge in [0.25, 0.3) is 5.91 Å². The summed E-state index contributed by atoms with van der Waals surface area (Å²) in [4.78, 5) is 24.6. The van der Waals surface area contributed by atoms with E-state index >= 15 is 0 Å². The number of carboxylic acids is 1. The minimum Gasteiger partial charge on any atom is -0.480 e. The Hall–Kier alpha value is -1.14. The van der Waals surface area contributed by atoms with E-state index in [1.54, 1.807) is 0 Å². The van der Waals surface area contributed by atoms with Crippen LogP contribution < -0.4 is 5.73 Å². The van der Waals surface area contributed by atoms with Gasteiger partial charge in [0.1, 0.15) is 12.1 Å². The molecule has 2 fully saturated rings. The topological polar surface area (TPSA) is 92.9 Å². The van der Waals surface area contributed by atoms with Crippen LogP contribution in [0.1, 0.15) is 25.7 Å². The number of carbonyl (C=O) groups is 2. The van der Waals surface area contributed by atoms with Crippen LogP contribution in [0.4, 0.5) is 0 Å². The molecule has 3 atom stereocenters. The summed E-state index contributed by atoms with van der Waals surface area (Å²) in [6.07, 6.45) is 2.14. The summed E-state index contributed by atoms with van der Waals surface area (Å²) in [5, 5.41) is 9.02. The summed E-state index contributed by atoms with van der Waals surface area (Å²) in [6, 6.07) is -0.678. The number of carboxylic acid groups (broad SMARTS) is 1. The zero-order valence-corrected chi connectivity index (χ0v) is 9.67. The van der Waals surface area contributed by atoms with Gasteiger partial charge in [-0.2, -0.15) is 0 Å². The number of hydrogen-bond acceptors (Lipinski definition) is 4. The molecule has 2 aliphatic heterocycles. The van der Waals surface area contributed by atoms with Crippen molar-refractivity contribution in [2.24, 2.45) is 5.73 Å². The van der Waals surface area contributed by atoms with Crippen LogP contribution in [-0.2, 0) is 14.3 Å². The van der Waals surface area contributed by atoms with Gasteiger partial charge >= 0.3 is 5.97 Å². The van der Waals surface area contributed by atoms with Gasteiger partial charge in [0.05, 0.1) is 6.10 Å². The van der Waals surface area contributed by atoms with Crippen LogP contribution in [0.3, 0.4) is 0 Å². The van der Waals surface area contributed by atoms with E-state index in [1.165, 1.54) is 4.90 Å². The van der Waals surface area contributed by atoms with Gasteiger partial charge in [-0.25, -0.2) is 4.79 Å². The third kappa shape index (κ3) is 2.42. The molecule has 0 aliphatic carbocycles. The second kappa shape index (κ2) is 5.01. The van der Waals surface area contributed by atoms with Gasteiger partial charge < -0.3 is 20.5 Å². The van der Waals surface area contributed by atoms with Crippen LogP contribution in [0.25, 0.3) is 0 Å². The lowest BCUT2D eigenvalue weighted by Crippen LogP contribution is -2.45. The van der Waals surface area contributed by atoms with Crippen molar-refractivity contribution >= 4 is 11.9 Å². The van der Waals surface area contributed by atoms with E-state index in [9.17, 15) is 9.59 Å². The van der Waals surface area contributed by atoms with Crippen molar-refractivity contribution in [1.29, 1.82) is 0 Å². The molecule has 1 amide bonds. The number of nitrogens with zero attached hydrogens (tertiary/aromatic N) is 1. The van der Waals surface area contributed by atoms with E-state index in [1.807, 2.05) is 0 Å². The van der Waals surface area contributed by atoms with Crippen molar-refractivity contribution in [3.05, 3.63) is 0 Å². The normalized spacial score (nSPS) is 33.0. The van der Waals surface area contributed by atoms with Gasteiger partial charge in [-0.05, 0) is 25.7 Å². The molecule has 96 valence electrons. The fourth-order valence-electron chi connectivity index (χ4n) is 2.53. The Morgan fingerprint density at radius 3 is 2.71 bits per heavy atom. The zero-order chi connectivity index (χ0) is 12.4. The summed E-state index contributed by atoms with van der Waals surface area (Å²) < 4.78 is 5.50. The predicted molar refractivity (Wildman–Crippen MR) is 59.3 cm³/mol. The number of rotatable bonds is 3. The highest BCUT2D eigenvalue weighted by molar-refractivity contribution is 5.87. The number of hydrogen-bond donors (Lipinski definition) is 2. The van der Waals surface area contributed by atoms with Crippen LogP contribution >= 0.6 is 0 Å². The van der Waals surface area contributed by atoms with Crippen LogP contribution in [0.15, 0.2) is 0 Å². The molecule has 0 aromatic heterocycles. The molecule has 0 aromatic carbocycles. The van der Waals surface area contributed by atoms with E-state index < -0.39 is 18.1 Å². The largest absolute Gasteiger partial charge is 0.480 e. The summed E-state index contributed by atoms with van der Waals surface area (Å²) in [7, 11) is 0. The van der Waals surface area contributed by atoms with E-state index in [0.29, 0.717) is 25.9 Å². The Morgan fingerprint density at radius 1 is 1.35 bits per heavy atom. The molecule has 2 unspecified atom stereocenters. The number of ether oxygens (including phenoxy) is 1. The Bertz CT molecular complexity index is 321. The Kier molecular flexibility index (Phi) is 3.63. The third-order valence-corrected chi connectivity index (χ3v) is 3.47. The molecule has 0 saturated carbocycles. The van der Waals surface area contributed by atoms with Crippen LogP contribution in [0.5, 0.6) is 0 Å². The van der Waals surface area contributed by atoms with Crippen molar-refractivity contribution in [3.63, 3.8) is 0 Å². The summed E-state index contributed by atoms with van der Waals surface area (Å²) in [5.41, 5.74) is 5.48. The first kappa shape index (κ1) is 12.3. The van der Waals surface area contributed by atoms with Crippen LogP contribution in [0.2, 0.25) is 0 Å². The Morgan fingerprint density at radius 2 is 2.12 bits per heavy atom. The third-order valence-electron chi connectivity index (χ3n) is 3.47. The molecule has 17 heavy (non-hydrogen) atoms. The van der Waals surface area contributed by atoms with Crippen molar-refractivity contribution in [1.82, 2.24) is 4.90 Å². The number of aliphatic carboxylic acids is 1. The number of nitrogens with two attached hydrogens (primary N) is 1. The smallest absolute Gasteiger partial charge is 0.326 e. The summed E-state index contributed by atoms with van der Waals surface area (Å²) in [6.45, 7) is 0.926. The number of carbonyl (C=O) groups excluding carboxylic acids is 1. The molecule has 2 aliphatic rings. The van der Waals surface area contributed by atoms with Gasteiger partial charge in [-0.3, -0.25) is 4.79 Å². The first-order chi connectivity index (χ1) is 8.13. The molecule has 0 spiro atoms. The molecule has 6 heteroatoms. The maximum Gasteiger partial charge on any atom is 0.326 e. The zero-order valence-electron chi connectivity index (χ0n) is 9.67. The molecule has 2 saturated heterocycles. The Labute approximate surface area is 99.7 Å². The van der Waals surface area contributed by atoms with E-state index in [2.05, 4.69) is 0 Å². The molecule has 0 aromatic rings. The first-order valence-corrected chi connectivity index (χ1v) is 6.02. The summed E-state index contributed by atoms with van der Waals surface area (Å²) in [5.74, 6) is -1.12. The second-order valence-electron chi connectivity index (χ2n) is 4.59. The van der Waals surface area contributed by atoms with Crippen LogP contribution in [0, 0.1) is 0 Å². The van der Waals surface area contributed by atoms with Crippen LogP contribution in [-0.4, -0.2) is 53.2 Å². The van der Waals surface area contributed by atoms with Crippen molar-refractivity contribution < 1.29 is 19.4 Å². The molecule has 0 radical (unpaired) electrons. The van der Waals surface area contributed by atoms with E-state index in [4.69, 9.17) is 15.6 Å².